The fourth-order valence-electron chi connectivity index (χ4n) is 0.494. The minimum Gasteiger partial charge on any atom is -0.361 e. The number of carbonyl (C=O) groups is 2. The Morgan fingerprint density at radius 1 is 1.21 bits per heavy atom. The second-order valence-electron chi connectivity index (χ2n) is 1.79. The first-order valence-electron chi connectivity index (χ1n) is 3.41. The van der Waals surface area contributed by atoms with Gasteiger partial charge in [0, 0.05) is 49.9 Å². The molecule has 0 saturated carbocycles. The Morgan fingerprint density at radius 3 is 1.43 bits per heavy atom. The van der Waals surface area contributed by atoms with E-state index in [1.165, 1.54) is 0 Å². The summed E-state index contributed by atoms with van der Waals surface area (Å²) in [7, 11) is 0. The number of hydrogen-bond acceptors (Lipinski definition) is 2. The topological polar surface area (TPSA) is 63.4 Å². The van der Waals surface area contributed by atoms with Crippen LogP contribution in [0.3, 0.4) is 0 Å². The van der Waals surface area contributed by atoms with Crippen LogP contribution in [0, 0.1) is 0 Å². The molecule has 0 saturated heterocycles. The molecule has 0 aromatic carbocycles. The third kappa shape index (κ3) is 23.0. The van der Waals surface area contributed by atoms with Gasteiger partial charge in [-0.25, -0.2) is 0 Å². The summed E-state index contributed by atoms with van der Waals surface area (Å²) in [5, 5.41) is -0.782. The van der Waals surface area contributed by atoms with E-state index in [1.807, 2.05) is 13.8 Å². The van der Waals surface area contributed by atoms with E-state index in [9.17, 15) is 4.79 Å². The SMILES string of the molecule is CCN(CC)C(=O)S.NC(=O)S.[Al].[Zn]. The van der Waals surface area contributed by atoms with Crippen LogP contribution in [0.2, 0.25) is 0 Å². The van der Waals surface area contributed by atoms with Crippen LogP contribution in [0.25, 0.3) is 0 Å². The smallest absolute Gasteiger partial charge is 0.278 e. The molecule has 2 N–H and O–H groups in total. The molecule has 0 unspecified atom stereocenters. The molecule has 0 aromatic rings. The number of carbonyl (C=O) groups excluding carboxylic acids is 2. The van der Waals surface area contributed by atoms with Gasteiger partial charge in [0.1, 0.15) is 0 Å². The third-order valence-electron chi connectivity index (χ3n) is 1.03. The first-order valence-corrected chi connectivity index (χ1v) is 4.31. The van der Waals surface area contributed by atoms with E-state index in [0.717, 1.165) is 13.1 Å². The Kier molecular flexibility index (Phi) is 28.0. The summed E-state index contributed by atoms with van der Waals surface area (Å²) in [5.41, 5.74) is 4.34. The van der Waals surface area contributed by atoms with Crippen molar-refractivity contribution < 1.29 is 29.1 Å². The van der Waals surface area contributed by atoms with E-state index in [1.54, 1.807) is 4.90 Å². The van der Waals surface area contributed by atoms with Gasteiger partial charge in [0.15, 0.2) is 0 Å². The minimum absolute atomic E-state index is 0. The Labute approximate surface area is 119 Å². The van der Waals surface area contributed by atoms with E-state index in [0.29, 0.717) is 0 Å². The normalized spacial score (nSPS) is 6.86. The second kappa shape index (κ2) is 16.2. The van der Waals surface area contributed by atoms with Gasteiger partial charge in [-0.2, -0.15) is 0 Å². The van der Waals surface area contributed by atoms with E-state index < -0.39 is 5.24 Å². The quantitative estimate of drug-likeness (QED) is 0.526. The Hall–Kier alpha value is 0.796. The molecule has 4 nitrogen and oxygen atoms in total. The summed E-state index contributed by atoms with van der Waals surface area (Å²) < 4.78 is 0. The molecule has 0 rings (SSSR count). The number of nitrogens with zero attached hydrogens (tertiary/aromatic N) is 1. The van der Waals surface area contributed by atoms with E-state index in [4.69, 9.17) is 4.79 Å². The maximum absolute atomic E-state index is 10.4. The molecule has 0 aromatic heterocycles. The third-order valence-corrected chi connectivity index (χ3v) is 1.32. The van der Waals surface area contributed by atoms with Crippen molar-refractivity contribution in [2.45, 2.75) is 13.8 Å². The standard InChI is InChI=1S/C5H11NOS.CH3NOS.Al.Zn/c1-3-6(4-2)5(7)8;2-1(3)4;;/h3-4H2,1-2H3,(H,7,8);(H3,2,3,4);;. The fourth-order valence-corrected chi connectivity index (χ4v) is 0.777. The summed E-state index contributed by atoms with van der Waals surface area (Å²) in [6.07, 6.45) is 0. The summed E-state index contributed by atoms with van der Waals surface area (Å²) in [6, 6.07) is 0. The molecule has 0 aliphatic heterocycles. The molecular weight excluding hydrogens is 289 g/mol. The summed E-state index contributed by atoms with van der Waals surface area (Å²) in [4.78, 5) is 21.1. The first kappa shape index (κ1) is 24.2. The van der Waals surface area contributed by atoms with Crippen molar-refractivity contribution in [3.8, 4) is 0 Å². The Balaban J connectivity index is -0.0000000733. The van der Waals surface area contributed by atoms with Crippen molar-refractivity contribution in [1.29, 1.82) is 0 Å². The average Bonchev–Trinajstić information content (AvgIpc) is 1.87. The summed E-state index contributed by atoms with van der Waals surface area (Å²) in [6.45, 7) is 5.35. The van der Waals surface area contributed by atoms with Crippen molar-refractivity contribution in [3.05, 3.63) is 0 Å². The number of thiol groups is 2. The van der Waals surface area contributed by atoms with Gasteiger partial charge in [-0.3, -0.25) is 9.59 Å². The van der Waals surface area contributed by atoms with Crippen molar-refractivity contribution >= 4 is 53.1 Å². The van der Waals surface area contributed by atoms with Gasteiger partial charge < -0.3 is 10.6 Å². The molecule has 0 aliphatic rings. The maximum atomic E-state index is 10.4. The van der Waals surface area contributed by atoms with Gasteiger partial charge >= 0.3 is 0 Å². The van der Waals surface area contributed by atoms with Crippen LogP contribution >= 0.6 is 25.3 Å². The van der Waals surface area contributed by atoms with Crippen LogP contribution in [-0.2, 0) is 19.5 Å². The molecule has 8 heteroatoms. The van der Waals surface area contributed by atoms with Gasteiger partial charge in [0.2, 0.25) is 0 Å². The van der Waals surface area contributed by atoms with Crippen molar-refractivity contribution in [1.82, 2.24) is 4.90 Å². The molecule has 0 spiro atoms. The van der Waals surface area contributed by atoms with Crippen LogP contribution in [0.1, 0.15) is 13.8 Å². The molecule has 3 radical (unpaired) electrons. The Morgan fingerprint density at radius 2 is 1.43 bits per heavy atom. The molecule has 0 atom stereocenters. The Bertz CT molecular complexity index is 155. The van der Waals surface area contributed by atoms with Gasteiger partial charge in [-0.1, -0.05) is 25.3 Å². The molecule has 0 heterocycles. The molecule has 2 amide bonds. The van der Waals surface area contributed by atoms with Gasteiger partial charge in [0.25, 0.3) is 10.5 Å². The molecule has 14 heavy (non-hydrogen) atoms. The molecule has 0 aliphatic carbocycles. The van der Waals surface area contributed by atoms with Gasteiger partial charge in [-0.15, -0.1) is 0 Å². The van der Waals surface area contributed by atoms with Crippen LogP contribution < -0.4 is 5.73 Å². The maximum Gasteiger partial charge on any atom is 0.278 e. The zero-order valence-corrected chi connectivity index (χ0v) is 14.3. The summed E-state index contributed by atoms with van der Waals surface area (Å²) in [5.74, 6) is 0. The second-order valence-corrected chi connectivity index (χ2v) is 2.62. The first-order chi connectivity index (χ1) is 5.45. The van der Waals surface area contributed by atoms with Gasteiger partial charge in [-0.05, 0) is 13.8 Å². The number of nitrogens with two attached hydrogens (primary N) is 1. The zero-order chi connectivity index (χ0) is 10.1. The predicted octanol–water partition coefficient (Wildman–Crippen LogP) is 0.990. The molecule has 77 valence electrons. The fraction of sp³-hybridized carbons (Fsp3) is 0.667. The molecule has 0 bridgehead atoms. The summed E-state index contributed by atoms with van der Waals surface area (Å²) >= 11 is 6.75. The largest absolute Gasteiger partial charge is 0.361 e. The van der Waals surface area contributed by atoms with E-state index >= 15 is 0 Å². The molecular formula is C6H14AlN2O2S2Zn. The van der Waals surface area contributed by atoms with Crippen LogP contribution in [0.4, 0.5) is 9.59 Å². The average molecular weight is 303 g/mol. The minimum atomic E-state index is -0.639. The van der Waals surface area contributed by atoms with E-state index in [2.05, 4.69) is 31.0 Å². The number of amides is 2. The van der Waals surface area contributed by atoms with Crippen LogP contribution in [0.5, 0.6) is 0 Å². The van der Waals surface area contributed by atoms with Crippen molar-refractivity contribution in [2.75, 3.05) is 13.1 Å². The monoisotopic (exact) mass is 301 g/mol. The van der Waals surface area contributed by atoms with Crippen molar-refractivity contribution in [3.63, 3.8) is 0 Å². The van der Waals surface area contributed by atoms with Crippen molar-refractivity contribution in [2.24, 2.45) is 5.73 Å². The van der Waals surface area contributed by atoms with Gasteiger partial charge in [0.05, 0.1) is 0 Å². The van der Waals surface area contributed by atoms with E-state index in [-0.39, 0.29) is 42.1 Å². The van der Waals surface area contributed by atoms with Crippen LogP contribution in [0.15, 0.2) is 0 Å². The number of hydrogen-bond donors (Lipinski definition) is 3. The number of primary amides is 1. The van der Waals surface area contributed by atoms with Crippen LogP contribution in [-0.4, -0.2) is 45.8 Å². The predicted molar refractivity (Wildman–Crippen MR) is 61.6 cm³/mol. The number of rotatable bonds is 2. The molecule has 0 fully saturated rings. The zero-order valence-electron chi connectivity index (χ0n) is 8.43.